The van der Waals surface area contributed by atoms with E-state index in [2.05, 4.69) is 4.98 Å². The third-order valence-corrected chi connectivity index (χ3v) is 3.63. The van der Waals surface area contributed by atoms with E-state index in [0.29, 0.717) is 25.3 Å². The molecule has 2 rings (SSSR count). The molecule has 0 radical (unpaired) electrons. The number of carbonyl (C=O) groups excluding carboxylic acids is 1. The van der Waals surface area contributed by atoms with Crippen molar-refractivity contribution in [3.8, 4) is 0 Å². The highest BCUT2D eigenvalue weighted by molar-refractivity contribution is 6.32. The van der Waals surface area contributed by atoms with E-state index >= 15 is 0 Å². The Hall–Kier alpha value is -1.50. The highest BCUT2D eigenvalue weighted by atomic mass is 35.5. The van der Waals surface area contributed by atoms with E-state index in [1.54, 1.807) is 4.90 Å². The number of primary amides is 1. The first kappa shape index (κ1) is 14.9. The van der Waals surface area contributed by atoms with Crippen molar-refractivity contribution in [1.29, 1.82) is 0 Å². The smallest absolute Gasteiger partial charge is 0.369 e. The number of alkyl halides is 3. The molecule has 0 unspecified atom stereocenters. The van der Waals surface area contributed by atoms with E-state index in [1.807, 2.05) is 0 Å². The number of aromatic nitrogens is 1. The number of halogens is 4. The number of nitrogens with zero attached hydrogens (tertiary/aromatic N) is 1. The van der Waals surface area contributed by atoms with Crippen LogP contribution in [0.25, 0.3) is 0 Å². The summed E-state index contributed by atoms with van der Waals surface area (Å²) in [6.07, 6.45) is -2.16. The van der Waals surface area contributed by atoms with Crippen molar-refractivity contribution in [2.75, 3.05) is 18.0 Å². The average molecular weight is 309 g/mol. The Morgan fingerprint density at radius 2 is 2.20 bits per heavy atom. The van der Waals surface area contributed by atoms with Crippen LogP contribution in [0.1, 0.15) is 18.4 Å². The van der Waals surface area contributed by atoms with Crippen molar-refractivity contribution in [3.63, 3.8) is 0 Å². The number of rotatable bonds is 2. The molecule has 1 aromatic heterocycles. The lowest BCUT2D eigenvalue weighted by molar-refractivity contribution is -0.367. The first-order chi connectivity index (χ1) is 9.29. The summed E-state index contributed by atoms with van der Waals surface area (Å²) in [6.45, 7) is 0.974. The molecule has 2 heterocycles. The second kappa shape index (κ2) is 5.47. The second-order valence-corrected chi connectivity index (χ2v) is 5.18. The van der Waals surface area contributed by atoms with Crippen molar-refractivity contribution < 1.29 is 22.9 Å². The number of H-pyrrole nitrogens is 1. The molecule has 1 amide bonds. The number of hydrogen-bond donors (Lipinski definition) is 1. The molecular formula is C12H14ClF3N3O+. The van der Waals surface area contributed by atoms with Crippen LogP contribution in [0.5, 0.6) is 0 Å². The van der Waals surface area contributed by atoms with Gasteiger partial charge in [0.05, 0.1) is 24.6 Å². The average Bonchev–Trinajstić information content (AvgIpc) is 2.37. The van der Waals surface area contributed by atoms with E-state index in [0.717, 1.165) is 18.7 Å². The van der Waals surface area contributed by atoms with Gasteiger partial charge >= 0.3 is 6.18 Å². The molecule has 0 spiro atoms. The number of piperidine rings is 1. The number of amides is 1. The zero-order valence-electron chi connectivity index (χ0n) is 10.5. The lowest BCUT2D eigenvalue weighted by atomic mass is 9.97. The van der Waals surface area contributed by atoms with Crippen LogP contribution in [0.15, 0.2) is 12.3 Å². The molecule has 0 aromatic carbocycles. The Labute approximate surface area is 118 Å². The molecule has 4 nitrogen and oxygen atoms in total. The van der Waals surface area contributed by atoms with Crippen LogP contribution in [0.4, 0.5) is 19.0 Å². The highest BCUT2D eigenvalue weighted by Crippen LogP contribution is 2.33. The third kappa shape index (κ3) is 3.15. The van der Waals surface area contributed by atoms with Gasteiger partial charge in [0, 0.05) is 0 Å². The van der Waals surface area contributed by atoms with Crippen LogP contribution in [0.2, 0.25) is 5.02 Å². The fourth-order valence-electron chi connectivity index (χ4n) is 2.28. The second-order valence-electron chi connectivity index (χ2n) is 4.77. The number of pyridine rings is 1. The van der Waals surface area contributed by atoms with Crippen LogP contribution in [0, 0.1) is 5.92 Å². The maximum Gasteiger partial charge on any atom is 0.419 e. The van der Waals surface area contributed by atoms with Crippen molar-refractivity contribution in [2.24, 2.45) is 11.7 Å². The molecule has 1 fully saturated rings. The molecule has 8 heteroatoms. The van der Waals surface area contributed by atoms with Crippen molar-refractivity contribution >= 4 is 23.3 Å². The fraction of sp³-hybridized carbons (Fsp3) is 0.500. The molecule has 0 bridgehead atoms. The standard InChI is InChI=1S/C12H13ClF3N3O/c13-9-4-8(12(14,15)16)5-18-11(9)19-3-1-2-7(6-19)10(17)20/h4-5,7H,1-3,6H2,(H2,17,20)/p+1/t7-/m1/s1. The number of carbonyl (C=O) groups is 1. The normalized spacial score (nSPS) is 20.0. The maximum absolute atomic E-state index is 12.6. The maximum atomic E-state index is 12.6. The van der Waals surface area contributed by atoms with Crippen molar-refractivity contribution in [2.45, 2.75) is 19.0 Å². The predicted octanol–water partition coefficient (Wildman–Crippen LogP) is 1.87. The molecule has 1 aliphatic rings. The molecule has 0 saturated carbocycles. The van der Waals surface area contributed by atoms with Gasteiger partial charge in [0.25, 0.3) is 5.82 Å². The van der Waals surface area contributed by atoms with Crippen LogP contribution in [0.3, 0.4) is 0 Å². The van der Waals surface area contributed by atoms with Crippen molar-refractivity contribution in [1.82, 2.24) is 0 Å². The Kier molecular flexibility index (Phi) is 4.08. The fourth-order valence-corrected chi connectivity index (χ4v) is 2.57. The summed E-state index contributed by atoms with van der Waals surface area (Å²) in [4.78, 5) is 15.5. The Balaban J connectivity index is 2.23. The minimum atomic E-state index is -4.45. The minimum Gasteiger partial charge on any atom is -0.369 e. The first-order valence-electron chi connectivity index (χ1n) is 6.11. The number of aromatic amines is 1. The largest absolute Gasteiger partial charge is 0.419 e. The molecule has 110 valence electrons. The summed E-state index contributed by atoms with van der Waals surface area (Å²) in [5.41, 5.74) is 4.43. The molecule has 1 aliphatic heterocycles. The molecule has 0 aliphatic carbocycles. The zero-order chi connectivity index (χ0) is 14.9. The Bertz CT molecular complexity index is 521. The van der Waals surface area contributed by atoms with E-state index in [4.69, 9.17) is 17.3 Å². The van der Waals surface area contributed by atoms with Gasteiger partial charge in [-0.25, -0.2) is 4.98 Å². The molecule has 3 N–H and O–H groups in total. The van der Waals surface area contributed by atoms with Gasteiger partial charge in [-0.3, -0.25) is 9.69 Å². The quantitative estimate of drug-likeness (QED) is 0.907. The summed E-state index contributed by atoms with van der Waals surface area (Å²) in [5.74, 6) is -0.334. The number of anilines is 1. The van der Waals surface area contributed by atoms with E-state index in [-0.39, 0.29) is 10.9 Å². The SMILES string of the molecule is NC(=O)[C@@H]1CCCN(c2[nH+]cc(C(F)(F)F)cc2Cl)C1. The topological polar surface area (TPSA) is 60.5 Å². The zero-order valence-corrected chi connectivity index (χ0v) is 11.3. The lowest BCUT2D eigenvalue weighted by Crippen LogP contribution is -2.43. The lowest BCUT2D eigenvalue weighted by Gasteiger charge is -2.26. The summed E-state index contributed by atoms with van der Waals surface area (Å²) >= 11 is 5.91. The van der Waals surface area contributed by atoms with Gasteiger partial charge in [0.15, 0.2) is 0 Å². The summed E-state index contributed by atoms with van der Waals surface area (Å²) in [5, 5.41) is -0.0232. The summed E-state index contributed by atoms with van der Waals surface area (Å²) in [7, 11) is 0. The van der Waals surface area contributed by atoms with Gasteiger partial charge in [-0.2, -0.15) is 13.2 Å². The van der Waals surface area contributed by atoms with Gasteiger partial charge in [0.2, 0.25) is 5.91 Å². The van der Waals surface area contributed by atoms with Gasteiger partial charge in [-0.1, -0.05) is 11.6 Å². The predicted molar refractivity (Wildman–Crippen MR) is 67.1 cm³/mol. The van der Waals surface area contributed by atoms with Crippen LogP contribution in [-0.2, 0) is 11.0 Å². The molecule has 1 aromatic rings. The molecule has 20 heavy (non-hydrogen) atoms. The van der Waals surface area contributed by atoms with Gasteiger partial charge in [-0.05, 0) is 18.9 Å². The van der Waals surface area contributed by atoms with Crippen LogP contribution in [-0.4, -0.2) is 19.0 Å². The summed E-state index contributed by atoms with van der Waals surface area (Å²) < 4.78 is 37.7. The van der Waals surface area contributed by atoms with Gasteiger partial charge in [0.1, 0.15) is 11.2 Å². The molecular weight excluding hydrogens is 295 g/mol. The van der Waals surface area contributed by atoms with Crippen LogP contribution < -0.4 is 15.6 Å². The minimum absolute atomic E-state index is 0.0232. The monoisotopic (exact) mass is 308 g/mol. The van der Waals surface area contributed by atoms with E-state index in [1.165, 1.54) is 0 Å². The van der Waals surface area contributed by atoms with E-state index < -0.39 is 17.6 Å². The first-order valence-corrected chi connectivity index (χ1v) is 6.49. The van der Waals surface area contributed by atoms with Crippen molar-refractivity contribution in [3.05, 3.63) is 22.8 Å². The van der Waals surface area contributed by atoms with Gasteiger partial charge in [-0.15, -0.1) is 0 Å². The number of nitrogens with one attached hydrogen (secondary N) is 1. The number of nitrogens with two attached hydrogens (primary N) is 1. The highest BCUT2D eigenvalue weighted by Gasteiger charge is 2.35. The third-order valence-electron chi connectivity index (χ3n) is 3.34. The van der Waals surface area contributed by atoms with E-state index in [9.17, 15) is 18.0 Å². The molecule has 1 atom stereocenters. The Morgan fingerprint density at radius 3 is 2.75 bits per heavy atom. The van der Waals surface area contributed by atoms with Gasteiger partial charge < -0.3 is 5.73 Å². The van der Waals surface area contributed by atoms with Crippen LogP contribution >= 0.6 is 11.6 Å². The summed E-state index contributed by atoms with van der Waals surface area (Å²) in [6, 6.07) is 0.876. The molecule has 1 saturated heterocycles. The number of hydrogen-bond acceptors (Lipinski definition) is 2. The Morgan fingerprint density at radius 1 is 1.50 bits per heavy atom.